The molecule has 7 nitrogen and oxygen atoms in total. The Morgan fingerprint density at radius 2 is 1.97 bits per heavy atom. The summed E-state index contributed by atoms with van der Waals surface area (Å²) in [4.78, 5) is 32.2. The fourth-order valence-corrected chi connectivity index (χ4v) is 3.54. The Labute approximate surface area is 171 Å². The van der Waals surface area contributed by atoms with Crippen LogP contribution in [-0.4, -0.2) is 15.9 Å². The predicted molar refractivity (Wildman–Crippen MR) is 108 cm³/mol. The average molecular weight is 403 g/mol. The number of rotatable bonds is 4. The highest BCUT2D eigenvalue weighted by molar-refractivity contribution is 5.90. The van der Waals surface area contributed by atoms with Crippen LogP contribution in [0, 0.1) is 35.4 Å². The Morgan fingerprint density at radius 3 is 2.60 bits per heavy atom. The molecule has 0 spiro atoms. The van der Waals surface area contributed by atoms with Crippen LogP contribution in [0.1, 0.15) is 53.8 Å². The zero-order chi connectivity index (χ0) is 22.0. The summed E-state index contributed by atoms with van der Waals surface area (Å²) in [5, 5.41) is 21.4. The predicted octanol–water partition coefficient (Wildman–Crippen LogP) is 3.09. The first-order valence-corrected chi connectivity index (χ1v) is 9.20. The Kier molecular flexibility index (Phi) is 5.61. The van der Waals surface area contributed by atoms with Crippen molar-refractivity contribution < 1.29 is 9.18 Å². The molecule has 150 valence electrons. The van der Waals surface area contributed by atoms with Crippen molar-refractivity contribution in [2.45, 2.75) is 32.7 Å². The third kappa shape index (κ3) is 3.63. The second-order valence-corrected chi connectivity index (χ2v) is 6.99. The maximum absolute atomic E-state index is 14.3. The maximum Gasteiger partial charge on any atom is 0.252 e. The number of pyridine rings is 2. The van der Waals surface area contributed by atoms with Crippen molar-refractivity contribution in [3.8, 4) is 12.1 Å². The Hall–Kier alpha value is -4.04. The number of fused-ring (bicyclic) bond motifs is 1. The molecule has 0 aliphatic carbocycles. The molecule has 0 saturated heterocycles. The first-order valence-electron chi connectivity index (χ1n) is 9.20. The third-order valence-electron chi connectivity index (χ3n) is 5.11. The van der Waals surface area contributed by atoms with Crippen molar-refractivity contribution in [2.24, 2.45) is 0 Å². The lowest BCUT2D eigenvalue weighted by Crippen LogP contribution is -2.34. The van der Waals surface area contributed by atoms with Crippen molar-refractivity contribution in [3.63, 3.8) is 0 Å². The molecule has 0 aliphatic heterocycles. The minimum absolute atomic E-state index is 0.156. The molecule has 0 fully saturated rings. The monoisotopic (exact) mass is 403 g/mol. The minimum Gasteiger partial charge on any atom is -0.349 e. The van der Waals surface area contributed by atoms with Gasteiger partial charge >= 0.3 is 0 Å². The Balaban J connectivity index is 1.95. The van der Waals surface area contributed by atoms with Gasteiger partial charge in [0.25, 0.3) is 5.56 Å². The van der Waals surface area contributed by atoms with Crippen LogP contribution in [0.5, 0.6) is 0 Å². The first kappa shape index (κ1) is 20.7. The van der Waals surface area contributed by atoms with Crippen LogP contribution in [0.3, 0.4) is 0 Å². The number of nitrogens with zero attached hydrogens (tertiary/aromatic N) is 3. The van der Waals surface area contributed by atoms with Gasteiger partial charge in [-0.05, 0) is 44.5 Å². The molecule has 0 unspecified atom stereocenters. The van der Waals surface area contributed by atoms with Gasteiger partial charge in [0.1, 0.15) is 17.6 Å². The molecule has 0 aliphatic rings. The molecule has 2 N–H and O–H groups in total. The molecule has 8 heteroatoms. The summed E-state index contributed by atoms with van der Waals surface area (Å²) in [5.41, 5.74) is 1.32. The number of aromatic amines is 1. The molecule has 2 heterocycles. The van der Waals surface area contributed by atoms with Gasteiger partial charge in [0.15, 0.2) is 0 Å². The average Bonchev–Trinajstić information content (AvgIpc) is 2.72. The van der Waals surface area contributed by atoms with Crippen LogP contribution < -0.4 is 10.9 Å². The number of halogens is 1. The quantitative estimate of drug-likeness (QED) is 0.693. The molecule has 0 bridgehead atoms. The van der Waals surface area contributed by atoms with E-state index in [9.17, 15) is 19.2 Å². The molecule has 2 atom stereocenters. The van der Waals surface area contributed by atoms with Gasteiger partial charge in [-0.2, -0.15) is 10.5 Å². The van der Waals surface area contributed by atoms with E-state index in [4.69, 9.17) is 5.26 Å². The number of amides is 1. The summed E-state index contributed by atoms with van der Waals surface area (Å²) in [6.45, 7) is 4.86. The summed E-state index contributed by atoms with van der Waals surface area (Å²) >= 11 is 0. The van der Waals surface area contributed by atoms with Crippen LogP contribution in [0.4, 0.5) is 4.39 Å². The molecule has 0 radical (unpaired) electrons. The number of carbonyl (C=O) groups is 1. The van der Waals surface area contributed by atoms with Gasteiger partial charge in [-0.3, -0.25) is 9.59 Å². The van der Waals surface area contributed by atoms with E-state index in [0.717, 1.165) is 6.07 Å². The number of nitrogens with one attached hydrogen (secondary N) is 2. The third-order valence-corrected chi connectivity index (χ3v) is 5.11. The van der Waals surface area contributed by atoms with Gasteiger partial charge < -0.3 is 10.3 Å². The molecule has 30 heavy (non-hydrogen) atoms. The van der Waals surface area contributed by atoms with E-state index in [0.29, 0.717) is 16.5 Å². The lowest BCUT2D eigenvalue weighted by molar-refractivity contribution is -0.122. The number of aryl methyl sites for hydroxylation is 1. The Bertz CT molecular complexity index is 1300. The van der Waals surface area contributed by atoms with Crippen LogP contribution in [0.15, 0.2) is 35.3 Å². The standard InChI is InChI=1S/C22H18FN5O2/c1-11-19(22(30)28-17-6-7-26-18(10-25)20(11)17)12(2)21(29)27-13(3)15-5-4-14(9-24)8-16(15)23/h4-8,12-13H,1-3H3,(H,27,29)(H,28,30)/t12-,13+/m1/s1. The van der Waals surface area contributed by atoms with E-state index in [1.54, 1.807) is 26.8 Å². The van der Waals surface area contributed by atoms with E-state index in [2.05, 4.69) is 15.3 Å². The van der Waals surface area contributed by atoms with Gasteiger partial charge in [0.2, 0.25) is 5.91 Å². The van der Waals surface area contributed by atoms with Gasteiger partial charge in [0.05, 0.1) is 29.1 Å². The van der Waals surface area contributed by atoms with E-state index in [1.807, 2.05) is 12.1 Å². The summed E-state index contributed by atoms with van der Waals surface area (Å²) in [6, 6.07) is 8.79. The smallest absolute Gasteiger partial charge is 0.252 e. The van der Waals surface area contributed by atoms with Gasteiger partial charge in [-0.1, -0.05) is 6.07 Å². The number of nitriles is 2. The number of hydrogen-bond acceptors (Lipinski definition) is 5. The highest BCUT2D eigenvalue weighted by atomic mass is 19.1. The van der Waals surface area contributed by atoms with Crippen molar-refractivity contribution in [2.75, 3.05) is 0 Å². The molecule has 3 rings (SSSR count). The number of carbonyl (C=O) groups excluding carboxylic acids is 1. The summed E-state index contributed by atoms with van der Waals surface area (Å²) < 4.78 is 14.3. The lowest BCUT2D eigenvalue weighted by Gasteiger charge is -2.20. The van der Waals surface area contributed by atoms with Crippen molar-refractivity contribution in [3.05, 3.63) is 74.6 Å². The number of aromatic nitrogens is 2. The molecule has 1 amide bonds. The number of H-pyrrole nitrogens is 1. The molecule has 2 aromatic heterocycles. The SMILES string of the molecule is Cc1c([C@@H](C)C(=O)N[C@@H](C)c2ccc(C#N)cc2F)c(=O)[nH]c2ccnc(C#N)c12. The zero-order valence-corrected chi connectivity index (χ0v) is 16.6. The van der Waals surface area contributed by atoms with E-state index in [1.165, 1.54) is 18.3 Å². The fourth-order valence-electron chi connectivity index (χ4n) is 3.54. The largest absolute Gasteiger partial charge is 0.349 e. The molecule has 0 saturated carbocycles. The van der Waals surface area contributed by atoms with Crippen LogP contribution in [-0.2, 0) is 4.79 Å². The van der Waals surface area contributed by atoms with Crippen molar-refractivity contribution >= 4 is 16.8 Å². The Morgan fingerprint density at radius 1 is 1.23 bits per heavy atom. The van der Waals surface area contributed by atoms with E-state index >= 15 is 0 Å². The van der Waals surface area contributed by atoms with Crippen molar-refractivity contribution in [1.29, 1.82) is 10.5 Å². The molecular weight excluding hydrogens is 385 g/mol. The van der Waals surface area contributed by atoms with Crippen LogP contribution in [0.25, 0.3) is 10.9 Å². The second-order valence-electron chi connectivity index (χ2n) is 6.99. The molecule has 1 aromatic carbocycles. The molecular formula is C22H18FN5O2. The van der Waals surface area contributed by atoms with E-state index in [-0.39, 0.29) is 22.4 Å². The van der Waals surface area contributed by atoms with E-state index < -0.39 is 29.2 Å². The highest BCUT2D eigenvalue weighted by Crippen LogP contribution is 2.26. The summed E-state index contributed by atoms with van der Waals surface area (Å²) in [7, 11) is 0. The summed E-state index contributed by atoms with van der Waals surface area (Å²) in [6.07, 6.45) is 1.43. The second kappa shape index (κ2) is 8.14. The summed E-state index contributed by atoms with van der Waals surface area (Å²) in [5.74, 6) is -1.92. The van der Waals surface area contributed by atoms with Gasteiger partial charge in [-0.25, -0.2) is 9.37 Å². The minimum atomic E-state index is -0.853. The maximum atomic E-state index is 14.3. The first-order chi connectivity index (χ1) is 14.3. The molecule has 3 aromatic rings. The highest BCUT2D eigenvalue weighted by Gasteiger charge is 2.25. The van der Waals surface area contributed by atoms with Gasteiger partial charge in [0, 0.05) is 22.7 Å². The van der Waals surface area contributed by atoms with Crippen LogP contribution >= 0.6 is 0 Å². The van der Waals surface area contributed by atoms with Crippen LogP contribution in [0.2, 0.25) is 0 Å². The number of hydrogen-bond donors (Lipinski definition) is 2. The zero-order valence-electron chi connectivity index (χ0n) is 16.6. The topological polar surface area (TPSA) is 122 Å². The fraction of sp³-hybridized carbons (Fsp3) is 0.227. The number of benzene rings is 1. The normalized spacial score (nSPS) is 12.6. The van der Waals surface area contributed by atoms with Crippen molar-refractivity contribution in [1.82, 2.24) is 15.3 Å². The van der Waals surface area contributed by atoms with Gasteiger partial charge in [-0.15, -0.1) is 0 Å². The lowest BCUT2D eigenvalue weighted by atomic mass is 9.93.